The Bertz CT molecular complexity index is 668. The molecule has 0 saturated carbocycles. The number of nitrogens with zero attached hydrogens (tertiary/aromatic N) is 2. The van der Waals surface area contributed by atoms with Crippen LogP contribution in [0.2, 0.25) is 0 Å². The summed E-state index contributed by atoms with van der Waals surface area (Å²) in [5.74, 6) is 0. The van der Waals surface area contributed by atoms with E-state index in [2.05, 4.69) is 10.3 Å². The minimum atomic E-state index is -0.418. The smallest absolute Gasteiger partial charge is 0.290 e. The number of amidine groups is 1. The largest absolute Gasteiger partial charge is 0.455 e. The van der Waals surface area contributed by atoms with Crippen LogP contribution >= 0.6 is 0 Å². The molecule has 0 aromatic heterocycles. The van der Waals surface area contributed by atoms with Gasteiger partial charge in [0, 0.05) is 17.8 Å². The standard InChI is InChI=1S/C15H13N3O3/c19-18(20)13-8-6-11(7-9-13)14-10-16-15(21-14)17-12-4-2-1-3-5-12/h1-9,14H,10H2,(H,16,17). The Kier molecular flexibility index (Phi) is 3.51. The molecule has 1 atom stereocenters. The number of hydrogen-bond donors (Lipinski definition) is 1. The van der Waals surface area contributed by atoms with Crippen LogP contribution in [0.5, 0.6) is 0 Å². The van der Waals surface area contributed by atoms with Gasteiger partial charge >= 0.3 is 0 Å². The lowest BCUT2D eigenvalue weighted by atomic mass is 10.1. The number of ether oxygens (including phenoxy) is 1. The highest BCUT2D eigenvalue weighted by molar-refractivity contribution is 5.90. The van der Waals surface area contributed by atoms with E-state index in [-0.39, 0.29) is 11.8 Å². The molecule has 106 valence electrons. The summed E-state index contributed by atoms with van der Waals surface area (Å²) in [6, 6.07) is 16.4. The Hall–Kier alpha value is -2.89. The molecule has 0 radical (unpaired) electrons. The molecule has 0 spiro atoms. The fourth-order valence-electron chi connectivity index (χ4n) is 2.07. The average Bonchev–Trinajstić information content (AvgIpc) is 2.97. The Morgan fingerprint density at radius 1 is 1.14 bits per heavy atom. The molecule has 3 rings (SSSR count). The van der Waals surface area contributed by atoms with E-state index in [1.54, 1.807) is 12.1 Å². The number of anilines is 1. The molecule has 0 bridgehead atoms. The summed E-state index contributed by atoms with van der Waals surface area (Å²) >= 11 is 0. The third-order valence-corrected chi connectivity index (χ3v) is 3.16. The van der Waals surface area contributed by atoms with E-state index >= 15 is 0 Å². The summed E-state index contributed by atoms with van der Waals surface area (Å²) in [4.78, 5) is 14.5. The number of rotatable bonds is 3. The van der Waals surface area contributed by atoms with Gasteiger partial charge in [0.25, 0.3) is 11.7 Å². The molecule has 0 amide bonds. The highest BCUT2D eigenvalue weighted by Crippen LogP contribution is 2.25. The van der Waals surface area contributed by atoms with Gasteiger partial charge in [-0.25, -0.2) is 4.99 Å². The minimum Gasteiger partial charge on any atom is -0.455 e. The maximum absolute atomic E-state index is 10.6. The van der Waals surface area contributed by atoms with Crippen molar-refractivity contribution >= 4 is 17.4 Å². The van der Waals surface area contributed by atoms with Crippen molar-refractivity contribution in [2.45, 2.75) is 6.10 Å². The van der Waals surface area contributed by atoms with Gasteiger partial charge in [0.15, 0.2) is 0 Å². The van der Waals surface area contributed by atoms with E-state index in [1.807, 2.05) is 30.3 Å². The van der Waals surface area contributed by atoms with E-state index in [0.717, 1.165) is 11.3 Å². The minimum absolute atomic E-state index is 0.0697. The molecule has 21 heavy (non-hydrogen) atoms. The molecule has 1 N–H and O–H groups in total. The fourth-order valence-corrected chi connectivity index (χ4v) is 2.07. The first-order valence-electron chi connectivity index (χ1n) is 6.50. The SMILES string of the molecule is O=[N+]([O-])c1ccc(C2CN=C(Nc3ccccc3)O2)cc1. The van der Waals surface area contributed by atoms with Crippen molar-refractivity contribution in [2.75, 3.05) is 11.9 Å². The predicted molar refractivity (Wildman–Crippen MR) is 79.3 cm³/mol. The van der Waals surface area contributed by atoms with Crippen LogP contribution in [0.4, 0.5) is 11.4 Å². The van der Waals surface area contributed by atoms with Crippen molar-refractivity contribution in [2.24, 2.45) is 4.99 Å². The Balaban J connectivity index is 1.64. The van der Waals surface area contributed by atoms with Gasteiger partial charge in [-0.3, -0.25) is 10.1 Å². The van der Waals surface area contributed by atoms with Crippen LogP contribution in [0.15, 0.2) is 59.6 Å². The summed E-state index contributed by atoms with van der Waals surface area (Å²) in [5.41, 5.74) is 1.84. The quantitative estimate of drug-likeness (QED) is 0.693. The first-order chi connectivity index (χ1) is 10.2. The predicted octanol–water partition coefficient (Wildman–Crippen LogP) is 3.13. The van der Waals surface area contributed by atoms with Crippen molar-refractivity contribution in [3.05, 3.63) is 70.3 Å². The summed E-state index contributed by atoms with van der Waals surface area (Å²) in [6.07, 6.45) is -0.211. The maximum Gasteiger partial charge on any atom is 0.290 e. The molecule has 0 saturated heterocycles. The third-order valence-electron chi connectivity index (χ3n) is 3.16. The Morgan fingerprint density at radius 3 is 2.52 bits per heavy atom. The molecule has 1 aliphatic heterocycles. The first kappa shape index (κ1) is 13.1. The first-order valence-corrected chi connectivity index (χ1v) is 6.50. The molecule has 0 fully saturated rings. The zero-order valence-corrected chi connectivity index (χ0v) is 11.1. The second kappa shape index (κ2) is 5.62. The summed E-state index contributed by atoms with van der Waals surface area (Å²) < 4.78 is 5.72. The second-order valence-electron chi connectivity index (χ2n) is 4.59. The van der Waals surface area contributed by atoms with E-state index < -0.39 is 4.92 Å². The number of nitro benzene ring substituents is 1. The number of nitro groups is 1. The van der Waals surface area contributed by atoms with Crippen molar-refractivity contribution in [1.29, 1.82) is 0 Å². The van der Waals surface area contributed by atoms with E-state index in [0.29, 0.717) is 12.6 Å². The van der Waals surface area contributed by atoms with Crippen LogP contribution in [0.3, 0.4) is 0 Å². The van der Waals surface area contributed by atoms with Gasteiger partial charge in [-0.1, -0.05) is 18.2 Å². The number of non-ortho nitro benzene ring substituents is 1. The van der Waals surface area contributed by atoms with Gasteiger partial charge in [-0.05, 0) is 29.8 Å². The van der Waals surface area contributed by atoms with E-state index in [4.69, 9.17) is 4.74 Å². The molecule has 6 nitrogen and oxygen atoms in total. The molecule has 2 aromatic carbocycles. The van der Waals surface area contributed by atoms with Crippen molar-refractivity contribution in [3.8, 4) is 0 Å². The van der Waals surface area contributed by atoms with Crippen LogP contribution in [-0.4, -0.2) is 17.5 Å². The lowest BCUT2D eigenvalue weighted by Crippen LogP contribution is -2.13. The average molecular weight is 283 g/mol. The highest BCUT2D eigenvalue weighted by atomic mass is 16.6. The molecule has 6 heteroatoms. The zero-order valence-electron chi connectivity index (χ0n) is 11.1. The van der Waals surface area contributed by atoms with Gasteiger partial charge in [0.05, 0.1) is 11.5 Å². The summed E-state index contributed by atoms with van der Waals surface area (Å²) in [7, 11) is 0. The van der Waals surface area contributed by atoms with Gasteiger partial charge < -0.3 is 10.1 Å². The second-order valence-corrected chi connectivity index (χ2v) is 4.59. The molecule has 1 aliphatic rings. The highest BCUT2D eigenvalue weighted by Gasteiger charge is 2.22. The molecule has 1 unspecified atom stereocenters. The Morgan fingerprint density at radius 2 is 1.86 bits per heavy atom. The van der Waals surface area contributed by atoms with Crippen LogP contribution in [-0.2, 0) is 4.74 Å². The monoisotopic (exact) mass is 283 g/mol. The molecular weight excluding hydrogens is 270 g/mol. The molecule has 1 heterocycles. The number of hydrogen-bond acceptors (Lipinski definition) is 5. The van der Waals surface area contributed by atoms with Crippen LogP contribution in [0, 0.1) is 10.1 Å². The summed E-state index contributed by atoms with van der Waals surface area (Å²) in [5, 5.41) is 13.7. The third kappa shape index (κ3) is 3.00. The van der Waals surface area contributed by atoms with E-state index in [9.17, 15) is 10.1 Å². The normalized spacial score (nSPS) is 17.0. The lowest BCUT2D eigenvalue weighted by molar-refractivity contribution is -0.384. The fraction of sp³-hybridized carbons (Fsp3) is 0.133. The van der Waals surface area contributed by atoms with Crippen LogP contribution in [0.1, 0.15) is 11.7 Å². The lowest BCUT2D eigenvalue weighted by Gasteiger charge is -2.12. The van der Waals surface area contributed by atoms with Crippen molar-refractivity contribution in [1.82, 2.24) is 0 Å². The number of aliphatic imine (C=N–C) groups is 1. The zero-order chi connectivity index (χ0) is 14.7. The van der Waals surface area contributed by atoms with Gasteiger partial charge in [-0.2, -0.15) is 0 Å². The van der Waals surface area contributed by atoms with Crippen LogP contribution in [0.25, 0.3) is 0 Å². The van der Waals surface area contributed by atoms with Crippen LogP contribution < -0.4 is 5.32 Å². The maximum atomic E-state index is 10.6. The van der Waals surface area contributed by atoms with Crippen molar-refractivity contribution in [3.63, 3.8) is 0 Å². The summed E-state index contributed by atoms with van der Waals surface area (Å²) in [6.45, 7) is 0.493. The van der Waals surface area contributed by atoms with Gasteiger partial charge in [0.1, 0.15) is 6.10 Å². The van der Waals surface area contributed by atoms with Gasteiger partial charge in [0.2, 0.25) is 0 Å². The number of benzene rings is 2. The molecule has 2 aromatic rings. The number of para-hydroxylation sites is 1. The van der Waals surface area contributed by atoms with Gasteiger partial charge in [-0.15, -0.1) is 0 Å². The molecule has 0 aliphatic carbocycles. The number of nitrogens with one attached hydrogen (secondary N) is 1. The van der Waals surface area contributed by atoms with E-state index in [1.165, 1.54) is 12.1 Å². The molecular formula is C15H13N3O3. The topological polar surface area (TPSA) is 76.8 Å². The van der Waals surface area contributed by atoms with Crippen molar-refractivity contribution < 1.29 is 9.66 Å². The Labute approximate surface area is 121 Å².